The summed E-state index contributed by atoms with van der Waals surface area (Å²) in [4.78, 5) is 5.40. The molecule has 28 heavy (non-hydrogen) atoms. The van der Waals surface area contributed by atoms with Crippen LogP contribution in [0.15, 0.2) is 34.2 Å². The Kier molecular flexibility index (Phi) is 7.46. The normalized spacial score (nSPS) is 26.5. The number of alkyl halides is 2. The van der Waals surface area contributed by atoms with Crippen molar-refractivity contribution in [2.24, 2.45) is 4.99 Å². The van der Waals surface area contributed by atoms with Crippen LogP contribution in [-0.2, 0) is 19.3 Å². The van der Waals surface area contributed by atoms with Crippen molar-refractivity contribution < 1.29 is 36.9 Å². The van der Waals surface area contributed by atoms with Gasteiger partial charge in [-0.25, -0.2) is 13.4 Å². The van der Waals surface area contributed by atoms with Crippen LogP contribution in [0.4, 0.5) is 8.78 Å². The molecule has 0 bridgehead atoms. The molecule has 0 aromatic heterocycles. The summed E-state index contributed by atoms with van der Waals surface area (Å²) in [5.41, 5.74) is 0.888. The van der Waals surface area contributed by atoms with Gasteiger partial charge >= 0.3 is 6.61 Å². The van der Waals surface area contributed by atoms with E-state index in [-0.39, 0.29) is 16.7 Å². The summed E-state index contributed by atoms with van der Waals surface area (Å²) in [6, 6.07) is 5.09. The number of sulfone groups is 1. The second-order valence-corrected chi connectivity index (χ2v) is 8.48. The van der Waals surface area contributed by atoms with E-state index in [0.29, 0.717) is 0 Å². The summed E-state index contributed by atoms with van der Waals surface area (Å²) >= 11 is 0. The van der Waals surface area contributed by atoms with Gasteiger partial charge in [0, 0.05) is 14.1 Å². The van der Waals surface area contributed by atoms with E-state index in [2.05, 4.69) is 9.73 Å². The average molecular weight is 422 g/mol. The van der Waals surface area contributed by atoms with Crippen LogP contribution in [0.2, 0.25) is 0 Å². The molecule has 0 saturated carbocycles. The number of hydrogen-bond acceptors (Lipinski definition) is 7. The Morgan fingerprint density at radius 2 is 1.89 bits per heavy atom. The number of ether oxygens (including phenoxy) is 2. The summed E-state index contributed by atoms with van der Waals surface area (Å²) in [7, 11) is -1.02. The number of benzene rings is 1. The monoisotopic (exact) mass is 422 g/mol. The fraction of sp³-hybridized carbons (Fsp3) is 0.588. The number of halogens is 2. The highest BCUT2D eigenvalue weighted by Crippen LogP contribution is 2.22. The topological polar surface area (TPSA) is 109 Å². The first kappa shape index (κ1) is 22.6. The highest BCUT2D eigenvalue weighted by molar-refractivity contribution is 8.06. The van der Waals surface area contributed by atoms with Crippen molar-refractivity contribution in [3.63, 3.8) is 0 Å². The highest BCUT2D eigenvalue weighted by atomic mass is 32.2. The van der Waals surface area contributed by atoms with Gasteiger partial charge < -0.3 is 24.6 Å². The lowest BCUT2D eigenvalue weighted by molar-refractivity contribution is -0.201. The molecule has 0 spiro atoms. The highest BCUT2D eigenvalue weighted by Gasteiger charge is 2.40. The molecule has 0 aliphatic carbocycles. The molecule has 0 unspecified atom stereocenters. The lowest BCUT2D eigenvalue weighted by Gasteiger charge is -2.36. The Balaban J connectivity index is 2.26. The molecule has 4 atom stereocenters. The zero-order valence-corrected chi connectivity index (χ0v) is 16.5. The second kappa shape index (κ2) is 9.23. The summed E-state index contributed by atoms with van der Waals surface area (Å²) in [6.07, 6.45) is -4.25. The standard InChI is InChI=1S/C17H24F2N2O6S/c1-10-4-6-11(7-5-10)28(24,25)17(21(2)3)20-12-8-26-13(9-27-16(18)19)15(23)14(12)22/h4-7,12-16,22-23H,8-9H2,1-3H3/b20-17-/t12-,13+,14+,15+/m0/s1. The Bertz CT molecular complexity index is 785. The number of hydrogen-bond donors (Lipinski definition) is 2. The van der Waals surface area contributed by atoms with Gasteiger partial charge in [0.15, 0.2) is 0 Å². The van der Waals surface area contributed by atoms with E-state index in [9.17, 15) is 27.4 Å². The molecule has 1 aromatic rings. The summed E-state index contributed by atoms with van der Waals surface area (Å²) in [5.74, 6) is 0. The number of rotatable bonds is 5. The fourth-order valence-corrected chi connectivity index (χ4v) is 4.14. The van der Waals surface area contributed by atoms with Gasteiger partial charge in [0.1, 0.15) is 24.4 Å². The SMILES string of the molecule is Cc1ccc(S(=O)(=O)/C(=N\[C@H]2CO[C@H](COC(F)F)[C@@H](O)[C@@H]2O)N(C)C)cc1. The van der Waals surface area contributed by atoms with Crippen molar-refractivity contribution in [3.05, 3.63) is 29.8 Å². The third-order valence-corrected chi connectivity index (χ3v) is 6.07. The third-order valence-electron chi connectivity index (χ3n) is 4.22. The van der Waals surface area contributed by atoms with Gasteiger partial charge in [0.05, 0.1) is 18.1 Å². The molecule has 1 aromatic carbocycles. The largest absolute Gasteiger partial charge is 0.388 e. The van der Waals surface area contributed by atoms with E-state index in [4.69, 9.17) is 4.74 Å². The quantitative estimate of drug-likeness (QED) is 0.523. The molecule has 1 saturated heterocycles. The zero-order valence-electron chi connectivity index (χ0n) is 15.7. The predicted molar refractivity (Wildman–Crippen MR) is 97.0 cm³/mol. The number of aliphatic hydroxyl groups excluding tert-OH is 2. The van der Waals surface area contributed by atoms with Gasteiger partial charge in [0.2, 0.25) is 15.0 Å². The van der Waals surface area contributed by atoms with Gasteiger partial charge in [-0.2, -0.15) is 8.78 Å². The Hall–Kier alpha value is -1.66. The van der Waals surface area contributed by atoms with E-state index in [0.717, 1.165) is 5.56 Å². The van der Waals surface area contributed by atoms with Crippen LogP contribution >= 0.6 is 0 Å². The molecule has 158 valence electrons. The van der Waals surface area contributed by atoms with Crippen LogP contribution in [0, 0.1) is 6.92 Å². The number of aliphatic hydroxyl groups is 2. The van der Waals surface area contributed by atoms with Crippen LogP contribution < -0.4 is 0 Å². The van der Waals surface area contributed by atoms with E-state index in [1.807, 2.05) is 6.92 Å². The van der Waals surface area contributed by atoms with Crippen molar-refractivity contribution in [2.75, 3.05) is 27.3 Å². The number of aliphatic imine (C=N–C) groups is 1. The van der Waals surface area contributed by atoms with Crippen molar-refractivity contribution in [1.29, 1.82) is 0 Å². The predicted octanol–water partition coefficient (Wildman–Crippen LogP) is 0.415. The third kappa shape index (κ3) is 5.23. The molecule has 8 nitrogen and oxygen atoms in total. The first-order valence-electron chi connectivity index (χ1n) is 8.48. The smallest absolute Gasteiger partial charge is 0.345 e. The van der Waals surface area contributed by atoms with Gasteiger partial charge in [-0.1, -0.05) is 17.7 Å². The Morgan fingerprint density at radius 3 is 2.43 bits per heavy atom. The molecule has 1 fully saturated rings. The van der Waals surface area contributed by atoms with Gasteiger partial charge in [-0.15, -0.1) is 0 Å². The molecular formula is C17H24F2N2O6S. The minimum absolute atomic E-state index is 0.0283. The van der Waals surface area contributed by atoms with Crippen LogP contribution in [0.3, 0.4) is 0 Å². The fourth-order valence-electron chi connectivity index (χ4n) is 2.68. The lowest BCUT2D eigenvalue weighted by atomic mass is 9.99. The molecule has 2 N–H and O–H groups in total. The Morgan fingerprint density at radius 1 is 1.29 bits per heavy atom. The molecule has 1 heterocycles. The zero-order chi connectivity index (χ0) is 21.1. The molecule has 1 aliphatic heterocycles. The lowest BCUT2D eigenvalue weighted by Crippen LogP contribution is -2.54. The molecule has 1 aliphatic rings. The van der Waals surface area contributed by atoms with Crippen molar-refractivity contribution in [2.45, 2.75) is 42.8 Å². The Labute approximate surface area is 162 Å². The average Bonchev–Trinajstić information content (AvgIpc) is 2.61. The second-order valence-electron chi connectivity index (χ2n) is 6.64. The van der Waals surface area contributed by atoms with Crippen LogP contribution in [0.1, 0.15) is 5.56 Å². The maximum Gasteiger partial charge on any atom is 0.345 e. The number of nitrogens with zero attached hydrogens (tertiary/aromatic N) is 2. The number of aryl methyl sites for hydroxylation is 1. The first-order chi connectivity index (χ1) is 13.0. The van der Waals surface area contributed by atoms with Gasteiger partial charge in [-0.3, -0.25) is 0 Å². The van der Waals surface area contributed by atoms with Crippen LogP contribution in [0.25, 0.3) is 0 Å². The first-order valence-corrected chi connectivity index (χ1v) is 9.96. The minimum Gasteiger partial charge on any atom is -0.388 e. The van der Waals surface area contributed by atoms with Gasteiger partial charge in [0.25, 0.3) is 0 Å². The maximum atomic E-state index is 12.9. The van der Waals surface area contributed by atoms with Crippen LogP contribution in [-0.4, -0.2) is 87.0 Å². The van der Waals surface area contributed by atoms with E-state index >= 15 is 0 Å². The van der Waals surface area contributed by atoms with Crippen molar-refractivity contribution >= 4 is 15.0 Å². The maximum absolute atomic E-state index is 12.9. The van der Waals surface area contributed by atoms with E-state index in [1.54, 1.807) is 12.1 Å². The summed E-state index contributed by atoms with van der Waals surface area (Å²) in [6.45, 7) is -2.10. The molecule has 0 radical (unpaired) electrons. The molecule has 11 heteroatoms. The minimum atomic E-state index is -3.99. The number of amidine groups is 1. The van der Waals surface area contributed by atoms with Gasteiger partial charge in [-0.05, 0) is 19.1 Å². The van der Waals surface area contributed by atoms with Crippen molar-refractivity contribution in [3.8, 4) is 0 Å². The van der Waals surface area contributed by atoms with E-state index in [1.165, 1.54) is 31.1 Å². The van der Waals surface area contributed by atoms with E-state index < -0.39 is 47.4 Å². The van der Waals surface area contributed by atoms with Crippen molar-refractivity contribution in [1.82, 2.24) is 4.90 Å². The molecular weight excluding hydrogens is 398 g/mol. The summed E-state index contributed by atoms with van der Waals surface area (Å²) < 4.78 is 59.5. The molecule has 2 rings (SSSR count). The summed E-state index contributed by atoms with van der Waals surface area (Å²) in [5, 5.41) is 20.1. The molecule has 0 amide bonds. The van der Waals surface area contributed by atoms with Crippen LogP contribution in [0.5, 0.6) is 0 Å².